The van der Waals surface area contributed by atoms with Crippen molar-refractivity contribution in [3.63, 3.8) is 0 Å². The van der Waals surface area contributed by atoms with Crippen molar-refractivity contribution in [3.05, 3.63) is 35.6 Å². The lowest BCUT2D eigenvalue weighted by Crippen LogP contribution is -2.39. The molecule has 2 heteroatoms. The first-order chi connectivity index (χ1) is 6.68. The van der Waals surface area contributed by atoms with Crippen molar-refractivity contribution in [2.75, 3.05) is 0 Å². The Labute approximate surface area is 83.2 Å². The van der Waals surface area contributed by atoms with Gasteiger partial charge in [0.15, 0.2) is 0 Å². The van der Waals surface area contributed by atoms with E-state index in [-0.39, 0.29) is 5.82 Å². The molecule has 0 heterocycles. The Morgan fingerprint density at radius 1 is 1.43 bits per heavy atom. The molecule has 0 bridgehead atoms. The molecule has 1 aromatic carbocycles. The molecule has 72 valence electrons. The molecule has 0 aliphatic heterocycles. The summed E-state index contributed by atoms with van der Waals surface area (Å²) in [5, 5.41) is 9.12. The van der Waals surface area contributed by atoms with Crippen LogP contribution < -0.4 is 0 Å². The van der Waals surface area contributed by atoms with Gasteiger partial charge in [-0.05, 0) is 24.8 Å². The predicted octanol–water partition coefficient (Wildman–Crippen LogP) is 3.02. The van der Waals surface area contributed by atoms with Gasteiger partial charge < -0.3 is 0 Å². The fourth-order valence-electron chi connectivity index (χ4n) is 2.35. The van der Waals surface area contributed by atoms with Gasteiger partial charge in [-0.2, -0.15) is 5.26 Å². The van der Waals surface area contributed by atoms with Gasteiger partial charge in [-0.25, -0.2) is 4.39 Å². The zero-order valence-electron chi connectivity index (χ0n) is 8.13. The first-order valence-corrected chi connectivity index (χ1v) is 4.84. The molecule has 1 fully saturated rings. The van der Waals surface area contributed by atoms with E-state index >= 15 is 0 Å². The predicted molar refractivity (Wildman–Crippen MR) is 52.1 cm³/mol. The number of hydrogen-bond donors (Lipinski definition) is 0. The summed E-state index contributed by atoms with van der Waals surface area (Å²) in [6, 6.07) is 8.87. The molecule has 0 aromatic heterocycles. The van der Waals surface area contributed by atoms with Crippen molar-refractivity contribution < 1.29 is 4.39 Å². The fraction of sp³-hybridized carbons (Fsp3) is 0.417. The molecule has 0 amide bonds. The van der Waals surface area contributed by atoms with Crippen molar-refractivity contribution in [1.82, 2.24) is 0 Å². The van der Waals surface area contributed by atoms with E-state index in [0.717, 1.165) is 12.8 Å². The van der Waals surface area contributed by atoms with Crippen LogP contribution in [0.25, 0.3) is 0 Å². The van der Waals surface area contributed by atoms with E-state index in [2.05, 4.69) is 13.0 Å². The highest BCUT2D eigenvalue weighted by Crippen LogP contribution is 2.47. The number of hydrogen-bond acceptors (Lipinski definition) is 1. The maximum Gasteiger partial charge on any atom is 0.128 e. The Morgan fingerprint density at radius 2 is 2.07 bits per heavy atom. The van der Waals surface area contributed by atoms with Gasteiger partial charge in [0.2, 0.25) is 0 Å². The van der Waals surface area contributed by atoms with Crippen LogP contribution in [0.2, 0.25) is 0 Å². The molecule has 0 spiro atoms. The quantitative estimate of drug-likeness (QED) is 0.666. The zero-order chi connectivity index (χ0) is 10.2. The fourth-order valence-corrected chi connectivity index (χ4v) is 2.35. The lowest BCUT2D eigenvalue weighted by molar-refractivity contribution is 0.211. The van der Waals surface area contributed by atoms with E-state index in [1.807, 2.05) is 0 Å². The molecular weight excluding hydrogens is 177 g/mol. The number of rotatable bonds is 1. The number of benzene rings is 1. The summed E-state index contributed by atoms with van der Waals surface area (Å²) in [5.41, 5.74) is 0.0192. The van der Waals surface area contributed by atoms with Gasteiger partial charge in [0.05, 0.1) is 11.5 Å². The maximum absolute atomic E-state index is 13.5. The Kier molecular flexibility index (Phi) is 2.03. The summed E-state index contributed by atoms with van der Waals surface area (Å²) >= 11 is 0. The minimum atomic E-state index is -0.551. The smallest absolute Gasteiger partial charge is 0.128 e. The molecule has 0 N–H and O–H groups in total. The average Bonchev–Trinajstić information content (AvgIpc) is 2.14. The van der Waals surface area contributed by atoms with E-state index in [4.69, 9.17) is 5.26 Å². The molecule has 0 radical (unpaired) electrons. The Balaban J connectivity index is 2.40. The topological polar surface area (TPSA) is 23.8 Å². The molecule has 0 saturated heterocycles. The van der Waals surface area contributed by atoms with Crippen LogP contribution in [0.15, 0.2) is 24.3 Å². The van der Waals surface area contributed by atoms with Gasteiger partial charge in [-0.15, -0.1) is 0 Å². The summed E-state index contributed by atoms with van der Waals surface area (Å²) in [7, 11) is 0. The molecule has 1 aliphatic carbocycles. The number of nitrogens with zero attached hydrogens (tertiary/aromatic N) is 1. The van der Waals surface area contributed by atoms with Gasteiger partial charge in [0.1, 0.15) is 5.82 Å². The molecule has 2 rings (SSSR count). The Hall–Kier alpha value is -1.36. The summed E-state index contributed by atoms with van der Waals surface area (Å²) in [6.45, 7) is 2.09. The monoisotopic (exact) mass is 189 g/mol. The minimum absolute atomic E-state index is 0.249. The van der Waals surface area contributed by atoms with Crippen molar-refractivity contribution in [2.45, 2.75) is 25.2 Å². The Morgan fingerprint density at radius 3 is 2.57 bits per heavy atom. The molecule has 1 aliphatic rings. The standard InChI is InChI=1S/C12H12FN/c1-9-6-12(7-9,8-14)10-4-2-3-5-11(10)13/h2-5,9H,6-7H2,1H3. The van der Waals surface area contributed by atoms with E-state index in [0.29, 0.717) is 11.5 Å². The third kappa shape index (κ3) is 1.21. The normalized spacial score (nSPS) is 30.5. The van der Waals surface area contributed by atoms with Crippen LogP contribution in [-0.2, 0) is 5.41 Å². The summed E-state index contributed by atoms with van der Waals surface area (Å²) in [6.07, 6.45) is 1.56. The van der Waals surface area contributed by atoms with Crippen molar-refractivity contribution >= 4 is 0 Å². The van der Waals surface area contributed by atoms with Gasteiger partial charge in [0, 0.05) is 5.56 Å². The lowest BCUT2D eigenvalue weighted by Gasteiger charge is -2.41. The zero-order valence-corrected chi connectivity index (χ0v) is 8.13. The molecular formula is C12H12FN. The van der Waals surface area contributed by atoms with Gasteiger partial charge in [-0.3, -0.25) is 0 Å². The molecule has 0 atom stereocenters. The molecule has 1 aromatic rings. The molecule has 0 unspecified atom stereocenters. The second-order valence-corrected chi connectivity index (χ2v) is 4.19. The maximum atomic E-state index is 13.5. The van der Waals surface area contributed by atoms with Crippen molar-refractivity contribution in [1.29, 1.82) is 5.26 Å². The van der Waals surface area contributed by atoms with E-state index in [9.17, 15) is 4.39 Å². The van der Waals surface area contributed by atoms with E-state index in [1.165, 1.54) is 6.07 Å². The van der Waals surface area contributed by atoms with Crippen LogP contribution in [0.1, 0.15) is 25.3 Å². The summed E-state index contributed by atoms with van der Waals surface area (Å²) in [5.74, 6) is 0.287. The summed E-state index contributed by atoms with van der Waals surface area (Å²) < 4.78 is 13.5. The highest BCUT2D eigenvalue weighted by Gasteiger charge is 2.45. The Bertz CT molecular complexity index is 386. The van der Waals surface area contributed by atoms with Crippen LogP contribution in [0.5, 0.6) is 0 Å². The van der Waals surface area contributed by atoms with E-state index in [1.54, 1.807) is 18.2 Å². The second-order valence-electron chi connectivity index (χ2n) is 4.19. The third-order valence-electron chi connectivity index (χ3n) is 3.00. The summed E-state index contributed by atoms with van der Waals surface area (Å²) in [4.78, 5) is 0. The van der Waals surface area contributed by atoms with Crippen molar-refractivity contribution in [2.24, 2.45) is 5.92 Å². The highest BCUT2D eigenvalue weighted by atomic mass is 19.1. The van der Waals surface area contributed by atoms with Crippen LogP contribution in [0.3, 0.4) is 0 Å². The number of halogens is 1. The number of nitriles is 1. The SMILES string of the molecule is CC1CC(C#N)(c2ccccc2F)C1. The van der Waals surface area contributed by atoms with Crippen LogP contribution >= 0.6 is 0 Å². The van der Waals surface area contributed by atoms with Crippen molar-refractivity contribution in [3.8, 4) is 6.07 Å². The van der Waals surface area contributed by atoms with Gasteiger partial charge in [-0.1, -0.05) is 25.1 Å². The third-order valence-corrected chi connectivity index (χ3v) is 3.00. The van der Waals surface area contributed by atoms with Crippen LogP contribution in [-0.4, -0.2) is 0 Å². The average molecular weight is 189 g/mol. The lowest BCUT2D eigenvalue weighted by atomic mass is 9.60. The second kappa shape index (κ2) is 3.09. The van der Waals surface area contributed by atoms with Crippen LogP contribution in [0, 0.1) is 23.1 Å². The van der Waals surface area contributed by atoms with Gasteiger partial charge >= 0.3 is 0 Å². The van der Waals surface area contributed by atoms with Gasteiger partial charge in [0.25, 0.3) is 0 Å². The molecule has 1 saturated carbocycles. The first kappa shape index (κ1) is 9.21. The molecule has 14 heavy (non-hydrogen) atoms. The van der Waals surface area contributed by atoms with Crippen LogP contribution in [0.4, 0.5) is 4.39 Å². The van der Waals surface area contributed by atoms with E-state index < -0.39 is 5.41 Å². The molecule has 1 nitrogen and oxygen atoms in total. The highest BCUT2D eigenvalue weighted by molar-refractivity contribution is 5.36. The minimum Gasteiger partial charge on any atom is -0.207 e. The first-order valence-electron chi connectivity index (χ1n) is 4.84. The largest absolute Gasteiger partial charge is 0.207 e.